The Bertz CT molecular complexity index is 571. The van der Waals surface area contributed by atoms with E-state index in [2.05, 4.69) is 11.8 Å². The lowest BCUT2D eigenvalue weighted by atomic mass is 9.84. The maximum atomic E-state index is 13.0. The summed E-state index contributed by atoms with van der Waals surface area (Å²) in [5.41, 5.74) is 0. The minimum Gasteiger partial charge on any atom is -0.465 e. The van der Waals surface area contributed by atoms with Crippen LogP contribution in [0.3, 0.4) is 0 Å². The number of nitrogens with zero attached hydrogens (tertiary/aromatic N) is 1. The van der Waals surface area contributed by atoms with Crippen LogP contribution in [0.4, 0.5) is 0 Å². The van der Waals surface area contributed by atoms with E-state index < -0.39 is 0 Å². The number of hydrogen-bond acceptors (Lipinski definition) is 4. The fourth-order valence-electron chi connectivity index (χ4n) is 3.60. The first-order chi connectivity index (χ1) is 11.1. The lowest BCUT2D eigenvalue weighted by Crippen LogP contribution is -2.43. The highest BCUT2D eigenvalue weighted by atomic mass is 32.1. The second kappa shape index (κ2) is 7.04. The number of carbonyl (C=O) groups is 2. The van der Waals surface area contributed by atoms with Gasteiger partial charge in [-0.1, -0.05) is 13.3 Å². The zero-order chi connectivity index (χ0) is 16.4. The molecule has 2 saturated carbocycles. The van der Waals surface area contributed by atoms with Crippen molar-refractivity contribution in [1.29, 1.82) is 0 Å². The molecule has 1 aromatic heterocycles. The Hall–Kier alpha value is -1.36. The number of amides is 1. The lowest BCUT2D eigenvalue weighted by Gasteiger charge is -2.37. The summed E-state index contributed by atoms with van der Waals surface area (Å²) < 4.78 is 4.74. The summed E-state index contributed by atoms with van der Waals surface area (Å²) in [6, 6.07) is 4.26. The van der Waals surface area contributed by atoms with Gasteiger partial charge in [0.25, 0.3) is 5.91 Å². The molecule has 2 aliphatic rings. The lowest BCUT2D eigenvalue weighted by molar-refractivity contribution is 0.0589. The number of esters is 1. The zero-order valence-corrected chi connectivity index (χ0v) is 14.7. The topological polar surface area (TPSA) is 46.6 Å². The third-order valence-corrected chi connectivity index (χ3v) is 6.22. The standard InChI is InChI=1S/C18H25NO3S/c1-3-12-4-6-13(7-5-12)19(14-8-9-14)17(20)15-10-11-16(23-15)18(21)22-2/h10-14H,3-9H2,1-2H3. The van der Waals surface area contributed by atoms with Crippen LogP contribution in [0, 0.1) is 5.92 Å². The molecule has 0 aliphatic heterocycles. The molecule has 0 saturated heterocycles. The van der Waals surface area contributed by atoms with Crippen molar-refractivity contribution >= 4 is 23.2 Å². The molecule has 1 amide bonds. The van der Waals surface area contributed by atoms with Crippen molar-refractivity contribution in [2.24, 2.45) is 5.92 Å². The second-order valence-corrected chi connectivity index (χ2v) is 7.77. The Morgan fingerprint density at radius 3 is 2.17 bits per heavy atom. The molecule has 2 fully saturated rings. The van der Waals surface area contributed by atoms with Gasteiger partial charge in [-0.3, -0.25) is 4.79 Å². The molecule has 0 bridgehead atoms. The van der Waals surface area contributed by atoms with Crippen molar-refractivity contribution in [3.05, 3.63) is 21.9 Å². The number of carbonyl (C=O) groups excluding carboxylic acids is 2. The van der Waals surface area contributed by atoms with Gasteiger partial charge in [0.1, 0.15) is 4.88 Å². The average molecular weight is 335 g/mol. The Balaban J connectivity index is 1.72. The van der Waals surface area contributed by atoms with Gasteiger partial charge >= 0.3 is 5.97 Å². The van der Waals surface area contributed by atoms with Crippen LogP contribution in [0.15, 0.2) is 12.1 Å². The number of rotatable bonds is 5. The first kappa shape index (κ1) is 16.5. The van der Waals surface area contributed by atoms with E-state index in [1.54, 1.807) is 12.1 Å². The van der Waals surface area contributed by atoms with Crippen molar-refractivity contribution < 1.29 is 14.3 Å². The predicted octanol–water partition coefficient (Wildman–Crippen LogP) is 4.11. The van der Waals surface area contributed by atoms with Crippen molar-refractivity contribution in [3.63, 3.8) is 0 Å². The fourth-order valence-corrected chi connectivity index (χ4v) is 4.47. The predicted molar refractivity (Wildman–Crippen MR) is 90.9 cm³/mol. The van der Waals surface area contributed by atoms with Crippen LogP contribution in [0.1, 0.15) is 71.2 Å². The molecule has 0 atom stereocenters. The van der Waals surface area contributed by atoms with Crippen LogP contribution in [0.25, 0.3) is 0 Å². The van der Waals surface area contributed by atoms with E-state index in [4.69, 9.17) is 4.74 Å². The minimum atomic E-state index is -0.365. The van der Waals surface area contributed by atoms with E-state index in [9.17, 15) is 9.59 Å². The van der Waals surface area contributed by atoms with Gasteiger partial charge in [-0.05, 0) is 56.6 Å². The first-order valence-corrected chi connectivity index (χ1v) is 9.46. The maximum Gasteiger partial charge on any atom is 0.348 e. The average Bonchev–Trinajstić information content (AvgIpc) is 3.29. The summed E-state index contributed by atoms with van der Waals surface area (Å²) in [6.45, 7) is 2.26. The minimum absolute atomic E-state index is 0.104. The van der Waals surface area contributed by atoms with Crippen LogP contribution < -0.4 is 0 Å². The third-order valence-electron chi connectivity index (χ3n) is 5.17. The van der Waals surface area contributed by atoms with Gasteiger partial charge in [0.05, 0.1) is 12.0 Å². The number of methoxy groups -OCH3 is 1. The Morgan fingerprint density at radius 1 is 1.09 bits per heavy atom. The maximum absolute atomic E-state index is 13.0. The van der Waals surface area contributed by atoms with Crippen molar-refractivity contribution in [3.8, 4) is 0 Å². The highest BCUT2D eigenvalue weighted by molar-refractivity contribution is 7.15. The molecule has 4 nitrogen and oxygen atoms in total. The Kier molecular flexibility index (Phi) is 5.05. The molecule has 5 heteroatoms. The molecule has 126 valence electrons. The normalized spacial score (nSPS) is 24.3. The summed E-state index contributed by atoms with van der Waals surface area (Å²) in [4.78, 5) is 27.9. The number of ether oxygens (including phenoxy) is 1. The molecule has 3 rings (SSSR count). The largest absolute Gasteiger partial charge is 0.465 e. The molecule has 0 spiro atoms. The van der Waals surface area contributed by atoms with Crippen molar-refractivity contribution in [2.75, 3.05) is 7.11 Å². The van der Waals surface area contributed by atoms with Gasteiger partial charge in [-0.25, -0.2) is 4.79 Å². The van der Waals surface area contributed by atoms with Crippen LogP contribution in [0.2, 0.25) is 0 Å². The summed E-state index contributed by atoms with van der Waals surface area (Å²) in [7, 11) is 1.37. The molecular formula is C18H25NO3S. The first-order valence-electron chi connectivity index (χ1n) is 8.64. The SMILES string of the molecule is CCC1CCC(N(C(=O)c2ccc(C(=O)OC)s2)C2CC2)CC1. The van der Waals surface area contributed by atoms with Crippen LogP contribution in [-0.2, 0) is 4.74 Å². The molecule has 0 unspecified atom stereocenters. The molecular weight excluding hydrogens is 310 g/mol. The summed E-state index contributed by atoms with van der Waals surface area (Å²) >= 11 is 1.25. The molecule has 1 heterocycles. The highest BCUT2D eigenvalue weighted by Crippen LogP contribution is 2.37. The number of thiophene rings is 1. The Morgan fingerprint density at radius 2 is 1.65 bits per heavy atom. The van der Waals surface area contributed by atoms with E-state index in [0.717, 1.165) is 31.6 Å². The van der Waals surface area contributed by atoms with Gasteiger partial charge in [0.15, 0.2) is 0 Å². The second-order valence-electron chi connectivity index (χ2n) is 6.68. The number of hydrogen-bond donors (Lipinski definition) is 0. The van der Waals surface area contributed by atoms with E-state index in [1.807, 2.05) is 0 Å². The van der Waals surface area contributed by atoms with Crippen LogP contribution in [-0.4, -0.2) is 36.0 Å². The van der Waals surface area contributed by atoms with Gasteiger partial charge in [-0.15, -0.1) is 11.3 Å². The molecule has 2 aliphatic carbocycles. The van der Waals surface area contributed by atoms with Crippen molar-refractivity contribution in [1.82, 2.24) is 4.90 Å². The summed E-state index contributed by atoms with van der Waals surface area (Å²) in [5.74, 6) is 0.568. The molecule has 1 aromatic rings. The van der Waals surface area contributed by atoms with Gasteiger partial charge in [-0.2, -0.15) is 0 Å². The van der Waals surface area contributed by atoms with E-state index in [1.165, 1.54) is 37.7 Å². The highest BCUT2D eigenvalue weighted by Gasteiger charge is 2.39. The van der Waals surface area contributed by atoms with Crippen LogP contribution >= 0.6 is 11.3 Å². The summed E-state index contributed by atoms with van der Waals surface area (Å²) in [5, 5.41) is 0. The smallest absolute Gasteiger partial charge is 0.348 e. The van der Waals surface area contributed by atoms with Crippen LogP contribution in [0.5, 0.6) is 0 Å². The van der Waals surface area contributed by atoms with Gasteiger partial charge in [0, 0.05) is 12.1 Å². The fraction of sp³-hybridized carbons (Fsp3) is 0.667. The molecule has 0 N–H and O–H groups in total. The van der Waals surface area contributed by atoms with Gasteiger partial charge in [0.2, 0.25) is 0 Å². The summed E-state index contributed by atoms with van der Waals surface area (Å²) in [6.07, 6.45) is 8.19. The quantitative estimate of drug-likeness (QED) is 0.761. The Labute approximate surface area is 141 Å². The zero-order valence-electron chi connectivity index (χ0n) is 13.9. The van der Waals surface area contributed by atoms with E-state index in [-0.39, 0.29) is 11.9 Å². The van der Waals surface area contributed by atoms with Crippen molar-refractivity contribution in [2.45, 2.75) is 64.0 Å². The molecule has 0 radical (unpaired) electrons. The third kappa shape index (κ3) is 3.60. The molecule has 0 aromatic carbocycles. The van der Waals surface area contributed by atoms with E-state index in [0.29, 0.717) is 21.8 Å². The molecule has 23 heavy (non-hydrogen) atoms. The monoisotopic (exact) mass is 335 g/mol. The van der Waals surface area contributed by atoms with Gasteiger partial charge < -0.3 is 9.64 Å². The van der Waals surface area contributed by atoms with E-state index >= 15 is 0 Å².